The number of rotatable bonds is 5. The van der Waals surface area contributed by atoms with Crippen LogP contribution in [0.3, 0.4) is 0 Å². The van der Waals surface area contributed by atoms with E-state index < -0.39 is 0 Å². The Morgan fingerprint density at radius 2 is 2.17 bits per heavy atom. The molecule has 0 aromatic carbocycles. The van der Waals surface area contributed by atoms with E-state index in [9.17, 15) is 4.79 Å². The molecule has 23 heavy (non-hydrogen) atoms. The first-order valence-corrected chi connectivity index (χ1v) is 8.58. The molecule has 0 bridgehead atoms. The summed E-state index contributed by atoms with van der Waals surface area (Å²) in [6.45, 7) is 3.41. The van der Waals surface area contributed by atoms with Crippen molar-refractivity contribution in [3.63, 3.8) is 0 Å². The van der Waals surface area contributed by atoms with Crippen molar-refractivity contribution in [2.24, 2.45) is 0 Å². The maximum Gasteiger partial charge on any atom is 0.272 e. The molecule has 1 aromatic rings. The molecule has 2 aliphatic rings. The van der Waals surface area contributed by atoms with E-state index >= 15 is 0 Å². The molecule has 0 atom stereocenters. The number of carbonyl (C=O) groups excluding carboxylic acids is 1. The van der Waals surface area contributed by atoms with Crippen LogP contribution in [0, 0.1) is 0 Å². The van der Waals surface area contributed by atoms with Crippen LogP contribution < -0.4 is 5.32 Å². The Balaban J connectivity index is 1.54. The molecule has 1 aliphatic heterocycles. The molecule has 0 unspecified atom stereocenters. The summed E-state index contributed by atoms with van der Waals surface area (Å²) in [5.41, 5.74) is 3.03. The fourth-order valence-corrected chi connectivity index (χ4v) is 3.09. The molecule has 1 aromatic heterocycles. The molecule has 5 heteroatoms. The molecule has 2 heterocycles. The molecule has 0 saturated carbocycles. The lowest BCUT2D eigenvalue weighted by molar-refractivity contribution is 0.0299. The van der Waals surface area contributed by atoms with E-state index in [-0.39, 0.29) is 5.91 Å². The standard InChI is InChI=1S/C18H25N3O2/c22-18(21-10-12-23-13-11-21)17-14-16(7-9-20-17)19-8-6-15-4-2-1-3-5-15/h4,7,9,14H,1-3,5-6,8,10-13H2,(H,19,20). The average Bonchev–Trinajstić information content (AvgIpc) is 2.63. The Morgan fingerprint density at radius 1 is 1.30 bits per heavy atom. The fourth-order valence-electron chi connectivity index (χ4n) is 3.09. The zero-order valence-corrected chi connectivity index (χ0v) is 13.6. The van der Waals surface area contributed by atoms with Gasteiger partial charge < -0.3 is 15.0 Å². The summed E-state index contributed by atoms with van der Waals surface area (Å²) in [4.78, 5) is 18.5. The third kappa shape index (κ3) is 4.55. The van der Waals surface area contributed by atoms with Crippen molar-refractivity contribution in [2.75, 3.05) is 38.2 Å². The van der Waals surface area contributed by atoms with Crippen LogP contribution in [0.2, 0.25) is 0 Å². The van der Waals surface area contributed by atoms with Gasteiger partial charge in [0.1, 0.15) is 5.69 Å². The van der Waals surface area contributed by atoms with Gasteiger partial charge in [-0.05, 0) is 44.2 Å². The van der Waals surface area contributed by atoms with Crippen LogP contribution in [0.15, 0.2) is 30.0 Å². The summed E-state index contributed by atoms with van der Waals surface area (Å²) in [5.74, 6) is -0.00746. The van der Waals surface area contributed by atoms with E-state index in [1.165, 1.54) is 25.7 Å². The normalized spacial score (nSPS) is 18.4. The summed E-state index contributed by atoms with van der Waals surface area (Å²) < 4.78 is 5.29. The summed E-state index contributed by atoms with van der Waals surface area (Å²) in [7, 11) is 0. The van der Waals surface area contributed by atoms with Gasteiger partial charge in [0.05, 0.1) is 13.2 Å². The van der Waals surface area contributed by atoms with Crippen molar-refractivity contribution in [3.05, 3.63) is 35.7 Å². The monoisotopic (exact) mass is 315 g/mol. The third-order valence-electron chi connectivity index (χ3n) is 4.44. The fraction of sp³-hybridized carbons (Fsp3) is 0.556. The van der Waals surface area contributed by atoms with Gasteiger partial charge in [0.25, 0.3) is 5.91 Å². The van der Waals surface area contributed by atoms with Crippen LogP contribution in [0.1, 0.15) is 42.6 Å². The highest BCUT2D eigenvalue weighted by Crippen LogP contribution is 2.20. The van der Waals surface area contributed by atoms with Crippen molar-refractivity contribution in [2.45, 2.75) is 32.1 Å². The lowest BCUT2D eigenvalue weighted by atomic mass is 9.97. The first-order valence-electron chi connectivity index (χ1n) is 8.58. The van der Waals surface area contributed by atoms with Gasteiger partial charge in [0, 0.05) is 31.5 Å². The van der Waals surface area contributed by atoms with E-state index in [0.717, 1.165) is 18.7 Å². The Morgan fingerprint density at radius 3 is 2.96 bits per heavy atom. The number of amides is 1. The highest BCUT2D eigenvalue weighted by atomic mass is 16.5. The molecule has 1 aliphatic carbocycles. The molecular weight excluding hydrogens is 290 g/mol. The number of aromatic nitrogens is 1. The topological polar surface area (TPSA) is 54.5 Å². The summed E-state index contributed by atoms with van der Waals surface area (Å²) in [6, 6.07) is 3.78. The molecule has 1 amide bonds. The lowest BCUT2D eigenvalue weighted by Gasteiger charge is -2.26. The highest BCUT2D eigenvalue weighted by molar-refractivity contribution is 5.93. The Bertz CT molecular complexity index is 565. The number of anilines is 1. The van der Waals surface area contributed by atoms with E-state index in [1.807, 2.05) is 17.0 Å². The van der Waals surface area contributed by atoms with Crippen molar-refractivity contribution in [1.29, 1.82) is 0 Å². The molecule has 1 N–H and O–H groups in total. The first kappa shape index (κ1) is 16.0. The van der Waals surface area contributed by atoms with Crippen LogP contribution in [0.4, 0.5) is 5.69 Å². The number of carbonyl (C=O) groups is 1. The molecule has 5 nitrogen and oxygen atoms in total. The molecule has 0 radical (unpaired) electrons. The number of nitrogens with zero attached hydrogens (tertiary/aromatic N) is 2. The van der Waals surface area contributed by atoms with Gasteiger partial charge >= 0.3 is 0 Å². The summed E-state index contributed by atoms with van der Waals surface area (Å²) in [6.07, 6.45) is 10.3. The average molecular weight is 315 g/mol. The van der Waals surface area contributed by atoms with Crippen LogP contribution in [0.25, 0.3) is 0 Å². The van der Waals surface area contributed by atoms with Crippen LogP contribution in [-0.4, -0.2) is 48.6 Å². The molecule has 1 fully saturated rings. The number of allylic oxidation sites excluding steroid dienone is 1. The van der Waals surface area contributed by atoms with Gasteiger partial charge in [-0.1, -0.05) is 11.6 Å². The molecular formula is C18H25N3O2. The predicted octanol–water partition coefficient (Wildman–Crippen LogP) is 2.86. The third-order valence-corrected chi connectivity index (χ3v) is 4.44. The van der Waals surface area contributed by atoms with E-state index in [4.69, 9.17) is 4.74 Å². The van der Waals surface area contributed by atoms with Crippen molar-refractivity contribution >= 4 is 11.6 Å². The lowest BCUT2D eigenvalue weighted by Crippen LogP contribution is -2.41. The SMILES string of the molecule is O=C(c1cc(NCCC2=CCCCC2)ccn1)N1CCOCC1. The predicted molar refractivity (Wildman–Crippen MR) is 90.6 cm³/mol. The van der Waals surface area contributed by atoms with E-state index in [0.29, 0.717) is 32.0 Å². The second kappa shape index (κ2) is 8.11. The molecule has 124 valence electrons. The van der Waals surface area contributed by atoms with E-state index in [1.54, 1.807) is 11.8 Å². The van der Waals surface area contributed by atoms with Gasteiger partial charge in [-0.15, -0.1) is 0 Å². The smallest absolute Gasteiger partial charge is 0.272 e. The number of nitrogens with one attached hydrogen (secondary N) is 1. The second-order valence-corrected chi connectivity index (χ2v) is 6.12. The maximum absolute atomic E-state index is 12.4. The number of hydrogen-bond donors (Lipinski definition) is 1. The largest absolute Gasteiger partial charge is 0.385 e. The van der Waals surface area contributed by atoms with Crippen LogP contribution in [-0.2, 0) is 4.74 Å². The Hall–Kier alpha value is -1.88. The van der Waals surface area contributed by atoms with Gasteiger partial charge in [-0.25, -0.2) is 0 Å². The van der Waals surface area contributed by atoms with Gasteiger partial charge in [0.15, 0.2) is 0 Å². The van der Waals surface area contributed by atoms with Gasteiger partial charge in [-0.2, -0.15) is 0 Å². The number of morpholine rings is 1. The Labute approximate surface area is 137 Å². The van der Waals surface area contributed by atoms with Gasteiger partial charge in [-0.3, -0.25) is 9.78 Å². The summed E-state index contributed by atoms with van der Waals surface area (Å²) in [5, 5.41) is 3.41. The molecule has 1 saturated heterocycles. The maximum atomic E-state index is 12.4. The minimum atomic E-state index is -0.00746. The number of ether oxygens (including phenoxy) is 1. The van der Waals surface area contributed by atoms with Gasteiger partial charge in [0.2, 0.25) is 0 Å². The number of pyridine rings is 1. The van der Waals surface area contributed by atoms with Crippen molar-refractivity contribution < 1.29 is 9.53 Å². The summed E-state index contributed by atoms with van der Waals surface area (Å²) >= 11 is 0. The number of hydrogen-bond acceptors (Lipinski definition) is 4. The zero-order valence-electron chi connectivity index (χ0n) is 13.6. The second-order valence-electron chi connectivity index (χ2n) is 6.12. The molecule has 0 spiro atoms. The quantitative estimate of drug-likeness (QED) is 0.849. The molecule has 3 rings (SSSR count). The Kier molecular flexibility index (Phi) is 5.64. The van der Waals surface area contributed by atoms with E-state index in [2.05, 4.69) is 16.4 Å². The van der Waals surface area contributed by atoms with Crippen molar-refractivity contribution in [3.8, 4) is 0 Å². The first-order chi connectivity index (χ1) is 11.3. The minimum Gasteiger partial charge on any atom is -0.385 e. The van der Waals surface area contributed by atoms with Crippen molar-refractivity contribution in [1.82, 2.24) is 9.88 Å². The zero-order chi connectivity index (χ0) is 15.9. The van der Waals surface area contributed by atoms with Crippen LogP contribution >= 0.6 is 0 Å². The van der Waals surface area contributed by atoms with Crippen LogP contribution in [0.5, 0.6) is 0 Å². The minimum absolute atomic E-state index is 0.00746. The highest BCUT2D eigenvalue weighted by Gasteiger charge is 2.19.